The molecule has 0 fully saturated rings. The maximum atomic E-state index is 14.0. The van der Waals surface area contributed by atoms with Gasteiger partial charge in [-0.2, -0.15) is 0 Å². The monoisotopic (exact) mass is 1180 g/mol. The second-order valence-corrected chi connectivity index (χ2v) is 22.3. The van der Waals surface area contributed by atoms with E-state index in [-0.39, 0.29) is 63.4 Å². The first-order valence-corrected chi connectivity index (χ1v) is 28.9. The van der Waals surface area contributed by atoms with Crippen molar-refractivity contribution in [2.45, 2.75) is 144 Å². The number of rotatable bonds is 24. The first kappa shape index (κ1) is 71.2. The van der Waals surface area contributed by atoms with Gasteiger partial charge in [-0.25, -0.2) is 14.4 Å². The second kappa shape index (κ2) is 35.3. The highest BCUT2D eigenvalue weighted by molar-refractivity contribution is 5.99. The summed E-state index contributed by atoms with van der Waals surface area (Å²) in [5, 5.41) is 28.3. The number of carbonyl (C=O) groups is 9. The molecule has 1 aliphatic rings. The van der Waals surface area contributed by atoms with E-state index >= 15 is 0 Å². The first-order valence-electron chi connectivity index (χ1n) is 28.9. The SMILES string of the molecule is CCC.CCC.CNC(C(=O)NC(C(=O)N(C)C/C=C(\C)C(=O)O)C(C)(C)C)C(C)(C)c1cccc(NC(=O)OCc2ccc(NC(=O)C(CCCNC(N)=O)NC(=O)CNC(=O)CCC(=O)N3Cc4ccccc4C#Cc4ccccc43)cc2)c1. The molecule has 3 atom stereocenters. The number of carboxylic acid groups (broad SMARTS) is 1. The Morgan fingerprint density at radius 2 is 1.37 bits per heavy atom. The van der Waals surface area contributed by atoms with Crippen LogP contribution in [0.3, 0.4) is 0 Å². The summed E-state index contributed by atoms with van der Waals surface area (Å²) in [6.45, 7) is 18.9. The molecule has 464 valence electrons. The van der Waals surface area contributed by atoms with Crippen molar-refractivity contribution >= 4 is 70.6 Å². The number of amides is 9. The van der Waals surface area contributed by atoms with Gasteiger partial charge in [0.15, 0.2) is 0 Å². The highest BCUT2D eigenvalue weighted by Gasteiger charge is 2.41. The van der Waals surface area contributed by atoms with Crippen LogP contribution in [0.2, 0.25) is 0 Å². The maximum absolute atomic E-state index is 14.0. The molecular formula is C65H88N10O11. The molecule has 21 nitrogen and oxygen atoms in total. The van der Waals surface area contributed by atoms with E-state index in [4.69, 9.17) is 10.5 Å². The Balaban J connectivity index is 0.00000309. The fourth-order valence-electron chi connectivity index (χ4n) is 8.61. The van der Waals surface area contributed by atoms with E-state index < -0.39 is 83.1 Å². The Bertz CT molecular complexity index is 3070. The number of aliphatic carboxylic acids is 1. The highest BCUT2D eigenvalue weighted by Crippen LogP contribution is 2.31. The number of ether oxygens (including phenoxy) is 1. The molecule has 21 heteroatoms. The van der Waals surface area contributed by atoms with Gasteiger partial charge in [0.1, 0.15) is 18.7 Å². The van der Waals surface area contributed by atoms with Gasteiger partial charge in [-0.05, 0) is 91.4 Å². The number of hydrogen-bond acceptors (Lipinski definition) is 11. The van der Waals surface area contributed by atoms with E-state index in [1.165, 1.54) is 37.8 Å². The summed E-state index contributed by atoms with van der Waals surface area (Å²) in [5.74, 6) is 2.27. The van der Waals surface area contributed by atoms with Gasteiger partial charge in [0.2, 0.25) is 35.4 Å². The van der Waals surface area contributed by atoms with Gasteiger partial charge in [0, 0.05) is 66.5 Å². The molecule has 0 bridgehead atoms. The lowest BCUT2D eigenvalue weighted by molar-refractivity contribution is -0.139. The van der Waals surface area contributed by atoms with Crippen LogP contribution in [-0.2, 0) is 56.9 Å². The molecule has 0 spiro atoms. The zero-order valence-electron chi connectivity index (χ0n) is 51.8. The fourth-order valence-corrected chi connectivity index (χ4v) is 8.61. The van der Waals surface area contributed by atoms with Gasteiger partial charge in [0.25, 0.3) is 0 Å². The van der Waals surface area contributed by atoms with E-state index in [2.05, 4.69) is 76.8 Å². The maximum Gasteiger partial charge on any atom is 0.411 e. The predicted molar refractivity (Wildman–Crippen MR) is 335 cm³/mol. The van der Waals surface area contributed by atoms with Crippen LogP contribution in [0, 0.1) is 17.3 Å². The zero-order chi connectivity index (χ0) is 64.1. The van der Waals surface area contributed by atoms with Crippen molar-refractivity contribution in [2.75, 3.05) is 49.3 Å². The van der Waals surface area contributed by atoms with Crippen molar-refractivity contribution < 1.29 is 53.0 Å². The topological polar surface area (TPSA) is 300 Å². The molecule has 9 amide bonds. The van der Waals surface area contributed by atoms with Crippen LogP contribution in [0.5, 0.6) is 0 Å². The summed E-state index contributed by atoms with van der Waals surface area (Å²) in [5.41, 5.74) is 8.66. The lowest BCUT2D eigenvalue weighted by Crippen LogP contribution is -2.60. The molecular weight excluding hydrogens is 1100 g/mol. The quantitative estimate of drug-likeness (QED) is 0.0184. The number of nitrogens with zero attached hydrogens (tertiary/aromatic N) is 2. The number of likely N-dealkylation sites (N-methyl/N-ethyl adjacent to an activating group) is 2. The molecule has 1 aliphatic heterocycles. The number of para-hydroxylation sites is 1. The van der Waals surface area contributed by atoms with Crippen molar-refractivity contribution in [2.24, 2.45) is 11.1 Å². The largest absolute Gasteiger partial charge is 0.478 e. The average Bonchev–Trinajstić information content (AvgIpc) is 1.27. The van der Waals surface area contributed by atoms with E-state index in [0.29, 0.717) is 33.8 Å². The fraction of sp³-hybridized carbons (Fsp3) is 0.431. The van der Waals surface area contributed by atoms with Crippen molar-refractivity contribution in [3.05, 3.63) is 137 Å². The van der Waals surface area contributed by atoms with E-state index in [1.54, 1.807) is 60.5 Å². The van der Waals surface area contributed by atoms with Gasteiger partial charge in [0.05, 0.1) is 24.8 Å². The van der Waals surface area contributed by atoms with Crippen LogP contribution >= 0.6 is 0 Å². The number of carbonyl (C=O) groups excluding carboxylic acids is 8. The van der Waals surface area contributed by atoms with Crippen LogP contribution in [-0.4, -0.2) is 115 Å². The number of nitrogens with one attached hydrogen (secondary N) is 7. The summed E-state index contributed by atoms with van der Waals surface area (Å²) >= 11 is 0. The lowest BCUT2D eigenvalue weighted by Gasteiger charge is -2.38. The predicted octanol–water partition coefficient (Wildman–Crippen LogP) is 7.87. The Morgan fingerprint density at radius 1 is 0.744 bits per heavy atom. The van der Waals surface area contributed by atoms with Gasteiger partial charge in [-0.15, -0.1) is 0 Å². The molecule has 10 N–H and O–H groups in total. The molecule has 4 aromatic carbocycles. The van der Waals surface area contributed by atoms with Crippen molar-refractivity contribution in [1.29, 1.82) is 0 Å². The number of anilines is 3. The van der Waals surface area contributed by atoms with Gasteiger partial charge >= 0.3 is 18.1 Å². The molecule has 0 saturated carbocycles. The molecule has 0 saturated heterocycles. The number of urea groups is 1. The number of benzene rings is 4. The summed E-state index contributed by atoms with van der Waals surface area (Å²) in [6.07, 6.45) is 3.17. The number of fused-ring (bicyclic) bond motifs is 2. The third-order valence-electron chi connectivity index (χ3n) is 13.3. The highest BCUT2D eigenvalue weighted by atomic mass is 16.5. The van der Waals surface area contributed by atoms with Crippen LogP contribution in [0.15, 0.2) is 109 Å². The summed E-state index contributed by atoms with van der Waals surface area (Å²) < 4.78 is 5.50. The third kappa shape index (κ3) is 23.2. The molecule has 4 aromatic rings. The summed E-state index contributed by atoms with van der Waals surface area (Å²) in [6, 6.07) is 24.5. The van der Waals surface area contributed by atoms with Crippen LogP contribution in [0.1, 0.15) is 136 Å². The molecule has 0 aliphatic carbocycles. The van der Waals surface area contributed by atoms with Crippen molar-refractivity contribution in [3.8, 4) is 11.8 Å². The number of nitrogens with two attached hydrogens (primary N) is 1. The van der Waals surface area contributed by atoms with Crippen LogP contribution in [0.25, 0.3) is 0 Å². The molecule has 3 unspecified atom stereocenters. The van der Waals surface area contributed by atoms with E-state index in [0.717, 1.165) is 11.1 Å². The summed E-state index contributed by atoms with van der Waals surface area (Å²) in [7, 11) is 3.17. The van der Waals surface area contributed by atoms with Crippen molar-refractivity contribution in [1.82, 2.24) is 31.5 Å². The Hall–Kier alpha value is -9.03. The van der Waals surface area contributed by atoms with Gasteiger partial charge < -0.3 is 57.3 Å². The zero-order valence-corrected chi connectivity index (χ0v) is 51.8. The smallest absolute Gasteiger partial charge is 0.411 e. The van der Waals surface area contributed by atoms with Crippen molar-refractivity contribution in [3.63, 3.8) is 0 Å². The standard InChI is InChI=1S/C59H72N10O11.2C3H8/c1-37(55(76)77)30-32-68(8)54(75)51(58(2,3)4)67-53(74)50(61-7)59(5,6)42-18-13-19-44(33-42)65-57(79)80-36-38-22-26-43(27-23-38)64-52(73)45(20-14-31-62-56(60)78)66-48(71)34-63-47(70)28-29-49(72)69-35-41-17-10-9-15-39(41)24-25-40-16-11-12-21-46(40)69;2*1-3-2/h9-13,15-19,21-23,26-27,30,33,45,50-51,61H,14,20,28-29,31-32,34-36H2,1-8H3,(H,63,70)(H,64,73)(H,65,79)(H,66,71)(H,67,74)(H,76,77)(H3,60,62,78);2*3H2,1-2H3/b37-30+;;. The summed E-state index contributed by atoms with van der Waals surface area (Å²) in [4.78, 5) is 120. The molecule has 1 heterocycles. The molecule has 5 rings (SSSR count). The minimum atomic E-state index is -1.10. The minimum Gasteiger partial charge on any atom is -0.478 e. The first-order chi connectivity index (χ1) is 40.7. The van der Waals surface area contributed by atoms with Gasteiger partial charge in [-0.3, -0.25) is 34.1 Å². The Labute approximate surface area is 506 Å². The number of hydrogen-bond donors (Lipinski definition) is 9. The van der Waals surface area contributed by atoms with E-state index in [1.807, 2.05) is 83.1 Å². The lowest BCUT2D eigenvalue weighted by atomic mass is 9.76. The number of primary amides is 1. The minimum absolute atomic E-state index is 0.0345. The Morgan fingerprint density at radius 3 is 2.00 bits per heavy atom. The number of carboxylic acids is 1. The molecule has 0 radical (unpaired) electrons. The Kier molecular flexibility index (Phi) is 29.2. The third-order valence-corrected chi connectivity index (χ3v) is 13.3. The normalized spacial score (nSPS) is 12.6. The average molecular weight is 1190 g/mol. The molecule has 0 aromatic heterocycles. The second-order valence-electron chi connectivity index (χ2n) is 22.3. The molecule has 86 heavy (non-hydrogen) atoms. The van der Waals surface area contributed by atoms with E-state index in [9.17, 15) is 48.3 Å². The van der Waals surface area contributed by atoms with Gasteiger partial charge in [-0.1, -0.05) is 148 Å². The van der Waals surface area contributed by atoms with Crippen LogP contribution in [0.4, 0.5) is 26.7 Å². The van der Waals surface area contributed by atoms with Crippen LogP contribution < -0.4 is 47.9 Å².